The Morgan fingerprint density at radius 2 is 1.81 bits per heavy atom. The van der Waals surface area contributed by atoms with Crippen molar-refractivity contribution in [1.82, 2.24) is 14.4 Å². The van der Waals surface area contributed by atoms with E-state index in [1.165, 1.54) is 0 Å². The van der Waals surface area contributed by atoms with Gasteiger partial charge >= 0.3 is 0 Å². The molecular weight excluding hydrogens is 266 g/mol. The van der Waals surface area contributed by atoms with Crippen LogP contribution in [-0.2, 0) is 0 Å². The minimum Gasteiger partial charge on any atom is -0.394 e. The second kappa shape index (κ2) is 7.95. The third-order valence-electron chi connectivity index (χ3n) is 3.29. The highest BCUT2D eigenvalue weighted by Crippen LogP contribution is 2.25. The van der Waals surface area contributed by atoms with E-state index < -0.39 is 5.54 Å². The zero-order chi connectivity index (χ0) is 15.9. The molecule has 1 fully saturated rings. The Morgan fingerprint density at radius 1 is 1.19 bits per heavy atom. The predicted octanol–water partition coefficient (Wildman–Crippen LogP) is 1.68. The maximum absolute atomic E-state index is 9.27. The lowest BCUT2D eigenvalue weighted by molar-refractivity contribution is 0.210. The summed E-state index contributed by atoms with van der Waals surface area (Å²) in [4.78, 5) is 10.7. The van der Waals surface area contributed by atoms with Crippen LogP contribution in [0.15, 0.2) is 24.8 Å². The molecule has 0 saturated carbocycles. The number of hydrogen-bond donors (Lipinski definition) is 2. The second-order valence-electron chi connectivity index (χ2n) is 4.60. The zero-order valence-electron chi connectivity index (χ0n) is 13.5. The molecule has 1 aliphatic rings. The summed E-state index contributed by atoms with van der Waals surface area (Å²) < 4.78 is 1.93. The number of imidazole rings is 1. The molecule has 0 spiro atoms. The highest BCUT2D eigenvalue weighted by Gasteiger charge is 2.35. The summed E-state index contributed by atoms with van der Waals surface area (Å²) in [6.45, 7) is 9.42. The molecule has 1 atom stereocenters. The van der Waals surface area contributed by atoms with Crippen molar-refractivity contribution in [2.24, 2.45) is 5.73 Å². The predicted molar refractivity (Wildman–Crippen MR) is 86.5 cm³/mol. The SMILES string of the molecule is CC.CC.NC1(CO)CCN(c2nccn3ccnc23)C1. The topological polar surface area (TPSA) is 79.7 Å². The van der Waals surface area contributed by atoms with Gasteiger partial charge in [0.1, 0.15) is 0 Å². The summed E-state index contributed by atoms with van der Waals surface area (Å²) in [5.41, 5.74) is 6.37. The number of aliphatic hydroxyl groups is 1. The van der Waals surface area contributed by atoms with E-state index in [-0.39, 0.29) is 6.61 Å². The van der Waals surface area contributed by atoms with Crippen LogP contribution in [0.4, 0.5) is 5.82 Å². The fourth-order valence-electron chi connectivity index (χ4n) is 2.27. The third-order valence-corrected chi connectivity index (χ3v) is 3.29. The Balaban J connectivity index is 0.000000510. The molecule has 6 nitrogen and oxygen atoms in total. The van der Waals surface area contributed by atoms with Crippen LogP contribution in [0.3, 0.4) is 0 Å². The van der Waals surface area contributed by atoms with Crippen molar-refractivity contribution in [2.75, 3.05) is 24.6 Å². The van der Waals surface area contributed by atoms with Gasteiger partial charge in [0.2, 0.25) is 0 Å². The first-order valence-electron chi connectivity index (χ1n) is 7.64. The molecule has 21 heavy (non-hydrogen) atoms. The second-order valence-corrected chi connectivity index (χ2v) is 4.60. The van der Waals surface area contributed by atoms with Crippen LogP contribution in [0.1, 0.15) is 34.1 Å². The zero-order valence-corrected chi connectivity index (χ0v) is 13.5. The number of anilines is 1. The van der Waals surface area contributed by atoms with Crippen LogP contribution < -0.4 is 10.6 Å². The molecule has 0 amide bonds. The van der Waals surface area contributed by atoms with Crippen LogP contribution in [0.5, 0.6) is 0 Å². The first kappa shape index (κ1) is 17.4. The van der Waals surface area contributed by atoms with E-state index in [1.54, 1.807) is 12.4 Å². The van der Waals surface area contributed by atoms with Crippen molar-refractivity contribution in [3.8, 4) is 0 Å². The van der Waals surface area contributed by atoms with Gasteiger partial charge in [0.05, 0.1) is 12.1 Å². The van der Waals surface area contributed by atoms with Gasteiger partial charge in [-0.1, -0.05) is 27.7 Å². The quantitative estimate of drug-likeness (QED) is 0.880. The fourth-order valence-corrected chi connectivity index (χ4v) is 2.27. The first-order valence-corrected chi connectivity index (χ1v) is 7.64. The third kappa shape index (κ3) is 3.71. The lowest BCUT2D eigenvalue weighted by Crippen LogP contribution is -2.46. The van der Waals surface area contributed by atoms with Gasteiger partial charge in [-0.25, -0.2) is 9.97 Å². The van der Waals surface area contributed by atoms with E-state index in [1.807, 2.05) is 44.5 Å². The molecule has 0 bridgehead atoms. The van der Waals surface area contributed by atoms with Gasteiger partial charge in [0.25, 0.3) is 0 Å². The molecule has 1 aliphatic heterocycles. The minimum absolute atomic E-state index is 0.00105. The number of nitrogens with zero attached hydrogens (tertiary/aromatic N) is 4. The summed E-state index contributed by atoms with van der Waals surface area (Å²) in [6.07, 6.45) is 8.02. The van der Waals surface area contributed by atoms with Crippen molar-refractivity contribution < 1.29 is 5.11 Å². The Bertz CT molecular complexity index is 542. The van der Waals surface area contributed by atoms with Gasteiger partial charge in [-0.2, -0.15) is 0 Å². The van der Waals surface area contributed by atoms with Crippen LogP contribution >= 0.6 is 0 Å². The van der Waals surface area contributed by atoms with Crippen molar-refractivity contribution in [3.05, 3.63) is 24.8 Å². The summed E-state index contributed by atoms with van der Waals surface area (Å²) in [6, 6.07) is 0. The lowest BCUT2D eigenvalue weighted by Gasteiger charge is -2.22. The molecule has 3 rings (SSSR count). The van der Waals surface area contributed by atoms with Crippen molar-refractivity contribution in [3.63, 3.8) is 0 Å². The van der Waals surface area contributed by atoms with Crippen molar-refractivity contribution in [1.29, 1.82) is 0 Å². The lowest BCUT2D eigenvalue weighted by atomic mass is 10.0. The number of nitrogens with two attached hydrogens (primary N) is 1. The highest BCUT2D eigenvalue weighted by molar-refractivity contribution is 5.64. The number of aliphatic hydroxyl groups excluding tert-OH is 1. The maximum atomic E-state index is 9.27. The van der Waals surface area contributed by atoms with Gasteiger partial charge in [-0.3, -0.25) is 0 Å². The summed E-state index contributed by atoms with van der Waals surface area (Å²) >= 11 is 0. The van der Waals surface area contributed by atoms with E-state index >= 15 is 0 Å². The van der Waals surface area contributed by atoms with Gasteiger partial charge in [-0.15, -0.1) is 0 Å². The molecule has 2 aromatic rings. The molecular formula is C15H27N5O. The molecule has 3 N–H and O–H groups in total. The molecule has 3 heterocycles. The van der Waals surface area contributed by atoms with Crippen LogP contribution in [0.2, 0.25) is 0 Å². The van der Waals surface area contributed by atoms with Crippen LogP contribution in [0, 0.1) is 0 Å². The van der Waals surface area contributed by atoms with Gasteiger partial charge in [0.15, 0.2) is 11.5 Å². The maximum Gasteiger partial charge on any atom is 0.180 e. The molecule has 0 aromatic carbocycles. The van der Waals surface area contributed by atoms with Crippen LogP contribution in [-0.4, -0.2) is 44.7 Å². The van der Waals surface area contributed by atoms with E-state index in [9.17, 15) is 5.11 Å². The van der Waals surface area contributed by atoms with E-state index in [0.717, 1.165) is 24.4 Å². The smallest absolute Gasteiger partial charge is 0.180 e. The molecule has 2 aromatic heterocycles. The van der Waals surface area contributed by atoms with Crippen molar-refractivity contribution in [2.45, 2.75) is 39.7 Å². The standard InChI is InChI=1S/C11H15N5O.2C2H6/c12-11(8-17)1-4-16(7-11)10-9-13-2-5-15(9)6-3-14-10;2*1-2/h2-3,5-6,17H,1,4,7-8,12H2;2*1-2H3. The molecule has 1 saturated heterocycles. The Morgan fingerprint density at radius 3 is 2.38 bits per heavy atom. The minimum atomic E-state index is -0.513. The average molecular weight is 293 g/mol. The summed E-state index contributed by atoms with van der Waals surface area (Å²) in [7, 11) is 0. The number of aromatic nitrogens is 3. The first-order chi connectivity index (χ1) is 10.2. The molecule has 6 heteroatoms. The highest BCUT2D eigenvalue weighted by atomic mass is 16.3. The molecule has 0 aliphatic carbocycles. The van der Waals surface area contributed by atoms with E-state index in [4.69, 9.17) is 5.73 Å². The normalized spacial score (nSPS) is 20.6. The Hall–Kier alpha value is -1.66. The Labute approximate surface area is 126 Å². The van der Waals surface area contributed by atoms with E-state index in [0.29, 0.717) is 6.54 Å². The summed E-state index contributed by atoms with van der Waals surface area (Å²) in [5, 5.41) is 9.27. The molecule has 1 unspecified atom stereocenters. The van der Waals surface area contributed by atoms with Gasteiger partial charge < -0.3 is 20.1 Å². The number of fused-ring (bicyclic) bond motifs is 1. The molecule has 118 valence electrons. The number of rotatable bonds is 2. The molecule has 0 radical (unpaired) electrons. The summed E-state index contributed by atoms with van der Waals surface area (Å²) in [5.74, 6) is 0.832. The average Bonchev–Trinajstić information content (AvgIpc) is 3.18. The largest absolute Gasteiger partial charge is 0.394 e. The van der Waals surface area contributed by atoms with Crippen molar-refractivity contribution >= 4 is 11.5 Å². The van der Waals surface area contributed by atoms with Gasteiger partial charge in [0, 0.05) is 37.9 Å². The fraction of sp³-hybridized carbons (Fsp3) is 0.600. The Kier molecular flexibility index (Phi) is 6.58. The monoisotopic (exact) mass is 293 g/mol. The number of hydrogen-bond acceptors (Lipinski definition) is 5. The van der Waals surface area contributed by atoms with Crippen LogP contribution in [0.25, 0.3) is 5.65 Å². The van der Waals surface area contributed by atoms with Gasteiger partial charge in [-0.05, 0) is 6.42 Å². The van der Waals surface area contributed by atoms with E-state index in [2.05, 4.69) is 14.9 Å².